The molecule has 1 N–H and O–H groups in total. The summed E-state index contributed by atoms with van der Waals surface area (Å²) in [6.07, 6.45) is 2.56. The van der Waals surface area contributed by atoms with E-state index in [0.29, 0.717) is 29.4 Å². The van der Waals surface area contributed by atoms with Crippen molar-refractivity contribution in [2.24, 2.45) is 23.7 Å². The number of phenols is 1. The monoisotopic (exact) mass is 258 g/mol. The van der Waals surface area contributed by atoms with Gasteiger partial charge in [-0.05, 0) is 42.4 Å². The highest BCUT2D eigenvalue weighted by atomic mass is 16.5. The molecule has 0 aromatic heterocycles. The van der Waals surface area contributed by atoms with Crippen molar-refractivity contribution in [3.05, 3.63) is 41.5 Å². The molecule has 0 spiro atoms. The number of ether oxygens (including phenoxy) is 1. The molecular formula is C17H22O2. The van der Waals surface area contributed by atoms with E-state index in [9.17, 15) is 5.11 Å². The highest BCUT2D eigenvalue weighted by molar-refractivity contribution is 5.30. The molecule has 1 fully saturated rings. The Morgan fingerprint density at radius 1 is 1.16 bits per heavy atom. The maximum atomic E-state index is 9.42. The minimum Gasteiger partial charge on any atom is -0.508 e. The van der Waals surface area contributed by atoms with Gasteiger partial charge in [-0.3, -0.25) is 0 Å². The van der Waals surface area contributed by atoms with E-state index < -0.39 is 0 Å². The Bertz CT molecular complexity index is 488. The van der Waals surface area contributed by atoms with E-state index >= 15 is 0 Å². The molecule has 2 bridgehead atoms. The number of hydrogen-bond donors (Lipinski definition) is 1. The zero-order valence-electron chi connectivity index (χ0n) is 11.8. The van der Waals surface area contributed by atoms with Crippen LogP contribution < -0.4 is 0 Å². The Hall–Kier alpha value is -1.28. The highest BCUT2D eigenvalue weighted by Crippen LogP contribution is 2.49. The van der Waals surface area contributed by atoms with Gasteiger partial charge in [0, 0.05) is 5.92 Å². The quantitative estimate of drug-likeness (QED) is 0.773. The normalized spacial score (nSPS) is 37.8. The second kappa shape index (κ2) is 4.68. The first kappa shape index (κ1) is 12.7. The van der Waals surface area contributed by atoms with Crippen molar-refractivity contribution in [3.8, 4) is 5.75 Å². The number of rotatable bonds is 1. The average molecular weight is 258 g/mol. The van der Waals surface area contributed by atoms with Crippen LogP contribution in [-0.4, -0.2) is 11.7 Å². The molecule has 19 heavy (non-hydrogen) atoms. The van der Waals surface area contributed by atoms with E-state index in [4.69, 9.17) is 4.74 Å². The second-order valence-corrected chi connectivity index (χ2v) is 6.16. The molecule has 1 aromatic carbocycles. The molecule has 102 valence electrons. The predicted molar refractivity (Wildman–Crippen MR) is 75.9 cm³/mol. The summed E-state index contributed by atoms with van der Waals surface area (Å²) >= 11 is 0. The second-order valence-electron chi connectivity index (χ2n) is 6.16. The molecule has 0 saturated carbocycles. The molecule has 2 heteroatoms. The molecule has 2 aliphatic rings. The van der Waals surface area contributed by atoms with E-state index in [0.717, 1.165) is 6.61 Å². The lowest BCUT2D eigenvalue weighted by atomic mass is 9.64. The minimum atomic E-state index is 0.135. The molecule has 1 saturated heterocycles. The molecule has 0 radical (unpaired) electrons. The fraction of sp³-hybridized carbons (Fsp3) is 0.529. The minimum absolute atomic E-state index is 0.135. The lowest BCUT2D eigenvalue weighted by Crippen LogP contribution is -2.42. The summed E-state index contributed by atoms with van der Waals surface area (Å²) in [4.78, 5) is 0. The summed E-state index contributed by atoms with van der Waals surface area (Å²) < 4.78 is 6.16. The van der Waals surface area contributed by atoms with Gasteiger partial charge in [0.25, 0.3) is 0 Å². The number of benzene rings is 1. The summed E-state index contributed by atoms with van der Waals surface area (Å²) in [7, 11) is 0. The van der Waals surface area contributed by atoms with Crippen molar-refractivity contribution < 1.29 is 9.84 Å². The predicted octanol–water partition coefficient (Wildman–Crippen LogP) is 3.93. The fourth-order valence-electron chi connectivity index (χ4n) is 3.91. The van der Waals surface area contributed by atoms with Crippen LogP contribution in [-0.2, 0) is 4.74 Å². The first-order valence-corrected chi connectivity index (χ1v) is 7.16. The molecule has 1 aliphatic heterocycles. The van der Waals surface area contributed by atoms with Crippen molar-refractivity contribution in [2.45, 2.75) is 26.9 Å². The standard InChI is InChI=1S/C17H22O2/c1-10-8-11(2)16-12(3)15(10)9-19-17(16)13-4-6-14(18)7-5-13/h4-8,10,12,15-18H,9H2,1-3H3/t10-,12-,15-,16-,17-/m1/s1. The topological polar surface area (TPSA) is 29.5 Å². The molecule has 1 aliphatic carbocycles. The molecule has 0 unspecified atom stereocenters. The van der Waals surface area contributed by atoms with Crippen molar-refractivity contribution >= 4 is 0 Å². The van der Waals surface area contributed by atoms with Crippen LogP contribution in [0.4, 0.5) is 0 Å². The third-order valence-corrected chi connectivity index (χ3v) is 4.98. The molecule has 1 aromatic rings. The van der Waals surface area contributed by atoms with E-state index in [1.54, 1.807) is 12.1 Å². The molecule has 1 heterocycles. The van der Waals surface area contributed by atoms with Gasteiger partial charge in [0.05, 0.1) is 12.7 Å². The average Bonchev–Trinajstić information content (AvgIpc) is 2.37. The summed E-state index contributed by atoms with van der Waals surface area (Å²) in [6, 6.07) is 7.47. The highest BCUT2D eigenvalue weighted by Gasteiger charge is 2.43. The number of fused-ring (bicyclic) bond motifs is 2. The molecule has 3 rings (SSSR count). The van der Waals surface area contributed by atoms with Crippen LogP contribution >= 0.6 is 0 Å². The summed E-state index contributed by atoms with van der Waals surface area (Å²) in [6.45, 7) is 7.73. The van der Waals surface area contributed by atoms with Gasteiger partial charge in [-0.25, -0.2) is 0 Å². The van der Waals surface area contributed by atoms with Crippen LogP contribution in [0.2, 0.25) is 0 Å². The van der Waals surface area contributed by atoms with Crippen LogP contribution in [0.5, 0.6) is 5.75 Å². The first-order valence-electron chi connectivity index (χ1n) is 7.16. The lowest BCUT2D eigenvalue weighted by Gasteiger charge is -2.47. The van der Waals surface area contributed by atoms with Crippen molar-refractivity contribution in [1.82, 2.24) is 0 Å². The maximum absolute atomic E-state index is 9.42. The number of hydrogen-bond acceptors (Lipinski definition) is 2. The van der Waals surface area contributed by atoms with Gasteiger partial charge in [-0.1, -0.05) is 37.6 Å². The van der Waals surface area contributed by atoms with E-state index in [2.05, 4.69) is 26.8 Å². The largest absolute Gasteiger partial charge is 0.508 e. The first-order chi connectivity index (χ1) is 9.08. The number of aromatic hydroxyl groups is 1. The van der Waals surface area contributed by atoms with Gasteiger partial charge in [0.15, 0.2) is 0 Å². The van der Waals surface area contributed by atoms with Crippen LogP contribution in [0.25, 0.3) is 0 Å². The van der Waals surface area contributed by atoms with Crippen molar-refractivity contribution in [2.75, 3.05) is 6.61 Å². The van der Waals surface area contributed by atoms with Crippen LogP contribution in [0, 0.1) is 23.7 Å². The lowest BCUT2D eigenvalue weighted by molar-refractivity contribution is -0.0934. The Kier molecular flexibility index (Phi) is 3.14. The third kappa shape index (κ3) is 2.08. The van der Waals surface area contributed by atoms with Crippen LogP contribution in [0.1, 0.15) is 32.4 Å². The van der Waals surface area contributed by atoms with Crippen molar-refractivity contribution in [3.63, 3.8) is 0 Å². The third-order valence-electron chi connectivity index (χ3n) is 4.98. The zero-order chi connectivity index (χ0) is 13.6. The van der Waals surface area contributed by atoms with Gasteiger partial charge in [0.2, 0.25) is 0 Å². The molecule has 2 nitrogen and oxygen atoms in total. The van der Waals surface area contributed by atoms with E-state index in [1.807, 2.05) is 12.1 Å². The van der Waals surface area contributed by atoms with E-state index in [-0.39, 0.29) is 6.10 Å². The zero-order valence-corrected chi connectivity index (χ0v) is 11.8. The maximum Gasteiger partial charge on any atom is 0.115 e. The smallest absolute Gasteiger partial charge is 0.115 e. The van der Waals surface area contributed by atoms with Gasteiger partial charge < -0.3 is 9.84 Å². The Balaban J connectivity index is 1.96. The summed E-state index contributed by atoms with van der Waals surface area (Å²) in [5.41, 5.74) is 2.63. The van der Waals surface area contributed by atoms with Crippen LogP contribution in [0.15, 0.2) is 35.9 Å². The van der Waals surface area contributed by atoms with Crippen LogP contribution in [0.3, 0.4) is 0 Å². The van der Waals surface area contributed by atoms with Gasteiger partial charge in [-0.2, -0.15) is 0 Å². The van der Waals surface area contributed by atoms with Gasteiger partial charge in [-0.15, -0.1) is 0 Å². The van der Waals surface area contributed by atoms with Gasteiger partial charge in [0.1, 0.15) is 5.75 Å². The van der Waals surface area contributed by atoms with Crippen molar-refractivity contribution in [1.29, 1.82) is 0 Å². The Labute approximate surface area is 115 Å². The Morgan fingerprint density at radius 2 is 1.84 bits per heavy atom. The SMILES string of the molecule is CC1=C[C@@H](C)[C@H]2CO[C@H](c3ccc(O)cc3)[C@H]1[C@@H]2C. The molecular weight excluding hydrogens is 236 g/mol. The van der Waals surface area contributed by atoms with Gasteiger partial charge >= 0.3 is 0 Å². The molecule has 0 amide bonds. The number of phenolic OH excluding ortho intramolecular Hbond substituents is 1. The Morgan fingerprint density at radius 3 is 2.53 bits per heavy atom. The summed E-state index contributed by atoms with van der Waals surface area (Å²) in [5.74, 6) is 2.70. The number of allylic oxidation sites excluding steroid dienone is 1. The van der Waals surface area contributed by atoms with E-state index in [1.165, 1.54) is 11.1 Å². The summed E-state index contributed by atoms with van der Waals surface area (Å²) in [5, 5.41) is 9.42. The fourth-order valence-corrected chi connectivity index (χ4v) is 3.91. The molecule has 5 atom stereocenters.